The monoisotopic (exact) mass is 326 g/mol. The highest BCUT2D eigenvalue weighted by atomic mass is 16.3. The van der Waals surface area contributed by atoms with Crippen molar-refractivity contribution in [2.24, 2.45) is 0 Å². The van der Waals surface area contributed by atoms with E-state index >= 15 is 0 Å². The first-order chi connectivity index (χ1) is 11.4. The number of hydrogen-bond acceptors (Lipinski definition) is 6. The predicted molar refractivity (Wildman–Crippen MR) is 87.3 cm³/mol. The Bertz CT molecular complexity index is 860. The van der Waals surface area contributed by atoms with Gasteiger partial charge in [-0.1, -0.05) is 0 Å². The van der Waals surface area contributed by atoms with Crippen LogP contribution in [0.3, 0.4) is 0 Å². The molecule has 3 aromatic carbocycles. The van der Waals surface area contributed by atoms with Crippen LogP contribution in [0.1, 0.15) is 0 Å². The van der Waals surface area contributed by atoms with Gasteiger partial charge < -0.3 is 30.6 Å². The summed E-state index contributed by atoms with van der Waals surface area (Å²) in [6.07, 6.45) is 0. The fraction of sp³-hybridized carbons (Fsp3) is 0. The molecule has 0 radical (unpaired) electrons. The molecule has 0 saturated heterocycles. The third kappa shape index (κ3) is 2.61. The lowest BCUT2D eigenvalue weighted by Gasteiger charge is -2.13. The highest BCUT2D eigenvalue weighted by molar-refractivity contribution is 5.85. The first-order valence-corrected chi connectivity index (χ1v) is 6.97. The lowest BCUT2D eigenvalue weighted by atomic mass is 9.96. The topological polar surface area (TPSA) is 121 Å². The molecule has 0 aliphatic rings. The number of benzene rings is 3. The van der Waals surface area contributed by atoms with E-state index < -0.39 is 0 Å². The van der Waals surface area contributed by atoms with Gasteiger partial charge in [-0.05, 0) is 30.3 Å². The minimum absolute atomic E-state index is 0.133. The molecule has 6 N–H and O–H groups in total. The van der Waals surface area contributed by atoms with E-state index in [1.165, 1.54) is 30.3 Å². The molecule has 0 amide bonds. The molecule has 0 saturated carbocycles. The van der Waals surface area contributed by atoms with Crippen LogP contribution >= 0.6 is 0 Å². The zero-order valence-electron chi connectivity index (χ0n) is 12.3. The highest BCUT2D eigenvalue weighted by Crippen LogP contribution is 2.45. The van der Waals surface area contributed by atoms with Gasteiger partial charge in [0.05, 0.1) is 0 Å². The predicted octanol–water partition coefficient (Wildman–Crippen LogP) is 3.25. The average Bonchev–Trinajstić information content (AvgIpc) is 2.49. The fourth-order valence-corrected chi connectivity index (χ4v) is 2.50. The quantitative estimate of drug-likeness (QED) is 0.430. The summed E-state index contributed by atoms with van der Waals surface area (Å²) < 4.78 is 0. The van der Waals surface area contributed by atoms with E-state index in [-0.39, 0.29) is 56.8 Å². The SMILES string of the molecule is Oc1ccc(-c2cc(-c3ccc(O)cc3O)c(O)cc2O)c(O)c1. The van der Waals surface area contributed by atoms with Crippen molar-refractivity contribution in [1.82, 2.24) is 0 Å². The van der Waals surface area contributed by atoms with Crippen molar-refractivity contribution >= 4 is 0 Å². The van der Waals surface area contributed by atoms with Crippen LogP contribution in [0.2, 0.25) is 0 Å². The van der Waals surface area contributed by atoms with Crippen molar-refractivity contribution in [3.63, 3.8) is 0 Å². The largest absolute Gasteiger partial charge is 0.508 e. The zero-order valence-corrected chi connectivity index (χ0v) is 12.3. The molecule has 3 rings (SSSR count). The van der Waals surface area contributed by atoms with Crippen LogP contribution in [0.25, 0.3) is 22.3 Å². The Kier molecular flexibility index (Phi) is 3.57. The summed E-state index contributed by atoms with van der Waals surface area (Å²) >= 11 is 0. The van der Waals surface area contributed by atoms with Gasteiger partial charge in [0.2, 0.25) is 0 Å². The number of aromatic hydroxyl groups is 6. The summed E-state index contributed by atoms with van der Waals surface area (Å²) in [4.78, 5) is 0. The molecule has 0 spiro atoms. The lowest BCUT2D eigenvalue weighted by molar-refractivity contribution is 0.444. The van der Waals surface area contributed by atoms with Crippen LogP contribution in [0.15, 0.2) is 48.5 Å². The van der Waals surface area contributed by atoms with E-state index in [2.05, 4.69) is 0 Å². The minimum atomic E-state index is -0.282. The van der Waals surface area contributed by atoms with Gasteiger partial charge in [-0.15, -0.1) is 0 Å². The maximum atomic E-state index is 10.1. The summed E-state index contributed by atoms with van der Waals surface area (Å²) in [5.74, 6) is -1.34. The van der Waals surface area contributed by atoms with Crippen LogP contribution in [-0.4, -0.2) is 30.6 Å². The van der Waals surface area contributed by atoms with Crippen LogP contribution in [0, 0.1) is 0 Å². The molecular formula is C18H14O6. The fourth-order valence-electron chi connectivity index (χ4n) is 2.50. The van der Waals surface area contributed by atoms with Gasteiger partial charge in [0.15, 0.2) is 0 Å². The average molecular weight is 326 g/mol. The molecule has 6 nitrogen and oxygen atoms in total. The van der Waals surface area contributed by atoms with Crippen molar-refractivity contribution in [1.29, 1.82) is 0 Å². The summed E-state index contributed by atoms with van der Waals surface area (Å²) in [6, 6.07) is 10.2. The molecule has 0 atom stereocenters. The normalized spacial score (nSPS) is 10.7. The molecule has 122 valence electrons. The Balaban J connectivity index is 2.23. The molecule has 3 aromatic rings. The van der Waals surface area contributed by atoms with Crippen LogP contribution < -0.4 is 0 Å². The van der Waals surface area contributed by atoms with Crippen molar-refractivity contribution < 1.29 is 30.6 Å². The molecule has 6 heteroatoms. The molecule has 0 aliphatic carbocycles. The van der Waals surface area contributed by atoms with E-state index in [9.17, 15) is 30.6 Å². The Morgan fingerprint density at radius 1 is 0.375 bits per heavy atom. The Morgan fingerprint density at radius 2 is 0.750 bits per heavy atom. The van der Waals surface area contributed by atoms with Crippen molar-refractivity contribution in [2.45, 2.75) is 0 Å². The first kappa shape index (κ1) is 15.4. The van der Waals surface area contributed by atoms with Gasteiger partial charge in [-0.3, -0.25) is 0 Å². The van der Waals surface area contributed by atoms with Gasteiger partial charge in [0.25, 0.3) is 0 Å². The molecule has 0 aromatic heterocycles. The number of phenolic OH excluding ortho intramolecular Hbond substituents is 6. The van der Waals surface area contributed by atoms with Gasteiger partial charge in [0, 0.05) is 40.5 Å². The molecule has 0 heterocycles. The third-order valence-corrected chi connectivity index (χ3v) is 3.66. The van der Waals surface area contributed by atoms with E-state index in [0.717, 1.165) is 18.2 Å². The van der Waals surface area contributed by atoms with Crippen LogP contribution in [0.5, 0.6) is 34.5 Å². The second-order valence-electron chi connectivity index (χ2n) is 5.29. The number of rotatable bonds is 2. The van der Waals surface area contributed by atoms with E-state index in [1.807, 2.05) is 0 Å². The van der Waals surface area contributed by atoms with E-state index in [4.69, 9.17) is 0 Å². The Labute approximate surface area is 136 Å². The molecule has 0 fully saturated rings. The van der Waals surface area contributed by atoms with Crippen molar-refractivity contribution in [2.75, 3.05) is 0 Å². The maximum Gasteiger partial charge on any atom is 0.127 e. The molecule has 0 bridgehead atoms. The Hall–Kier alpha value is -3.54. The van der Waals surface area contributed by atoms with Crippen molar-refractivity contribution in [3.05, 3.63) is 48.5 Å². The first-order valence-electron chi connectivity index (χ1n) is 6.97. The van der Waals surface area contributed by atoms with Gasteiger partial charge in [-0.25, -0.2) is 0 Å². The maximum absolute atomic E-state index is 10.1. The second-order valence-corrected chi connectivity index (χ2v) is 5.29. The summed E-state index contributed by atoms with van der Waals surface area (Å²) in [6.45, 7) is 0. The Morgan fingerprint density at radius 3 is 1.12 bits per heavy atom. The van der Waals surface area contributed by atoms with Crippen LogP contribution in [-0.2, 0) is 0 Å². The number of phenols is 6. The third-order valence-electron chi connectivity index (χ3n) is 3.66. The molecule has 0 aliphatic heterocycles. The smallest absolute Gasteiger partial charge is 0.127 e. The zero-order chi connectivity index (χ0) is 17.4. The second kappa shape index (κ2) is 5.58. The molecular weight excluding hydrogens is 312 g/mol. The van der Waals surface area contributed by atoms with Gasteiger partial charge in [0.1, 0.15) is 34.5 Å². The van der Waals surface area contributed by atoms with Gasteiger partial charge >= 0.3 is 0 Å². The van der Waals surface area contributed by atoms with E-state index in [0.29, 0.717) is 0 Å². The standard InChI is InChI=1S/C18H14O6/c19-9-1-3-11(15(21)5-9)13-7-14(18(24)8-17(13)23)12-4-2-10(20)6-16(12)22/h1-8,19-24H. The number of hydrogen-bond donors (Lipinski definition) is 6. The summed E-state index contributed by atoms with van der Waals surface area (Å²) in [5, 5.41) is 58.9. The lowest BCUT2D eigenvalue weighted by Crippen LogP contribution is -1.86. The van der Waals surface area contributed by atoms with Crippen LogP contribution in [0.4, 0.5) is 0 Å². The van der Waals surface area contributed by atoms with Gasteiger partial charge in [-0.2, -0.15) is 0 Å². The highest BCUT2D eigenvalue weighted by Gasteiger charge is 2.17. The van der Waals surface area contributed by atoms with Crippen molar-refractivity contribution in [3.8, 4) is 56.8 Å². The summed E-state index contributed by atoms with van der Waals surface area (Å²) in [7, 11) is 0. The summed E-state index contributed by atoms with van der Waals surface area (Å²) in [5.41, 5.74) is 0.884. The van der Waals surface area contributed by atoms with E-state index in [1.54, 1.807) is 0 Å². The molecule has 24 heavy (non-hydrogen) atoms. The molecule has 0 unspecified atom stereocenters. The minimum Gasteiger partial charge on any atom is -0.508 e.